The molecule has 0 N–H and O–H groups in total. The number of ketones is 2. The van der Waals surface area contributed by atoms with Gasteiger partial charge >= 0.3 is 0 Å². The summed E-state index contributed by atoms with van der Waals surface area (Å²) in [5.41, 5.74) is 1.68. The largest absolute Gasteiger partial charge is 0.355 e. The van der Waals surface area contributed by atoms with Gasteiger partial charge in [-0.3, -0.25) is 14.6 Å². The van der Waals surface area contributed by atoms with Crippen LogP contribution in [0.2, 0.25) is 0 Å². The number of pyridine rings is 1. The first-order valence-corrected chi connectivity index (χ1v) is 5.26. The fraction of sp³-hybridized carbons (Fsp3) is 0.167. The van der Waals surface area contributed by atoms with Gasteiger partial charge in [0.25, 0.3) is 0 Å². The van der Waals surface area contributed by atoms with Crippen LogP contribution in [0.1, 0.15) is 33.3 Å². The highest BCUT2D eigenvalue weighted by molar-refractivity contribution is 6.52. The average molecular weight is 228 g/mol. The van der Waals surface area contributed by atoms with E-state index in [1.807, 2.05) is 6.92 Å². The molecule has 2 heterocycles. The molecular formula is C12H8N2O3. The second-order valence-corrected chi connectivity index (χ2v) is 3.77. The van der Waals surface area contributed by atoms with Crippen molar-refractivity contribution in [2.24, 2.45) is 0 Å². The van der Waals surface area contributed by atoms with Crippen molar-refractivity contribution < 1.29 is 14.1 Å². The van der Waals surface area contributed by atoms with Gasteiger partial charge in [-0.2, -0.15) is 0 Å². The van der Waals surface area contributed by atoms with Crippen LogP contribution in [-0.4, -0.2) is 21.7 Å². The SMILES string of the molecule is CCc1noc2c1C(=O)C(=O)c1ccncc1-2. The number of carbonyl (C=O) groups is 2. The van der Waals surface area contributed by atoms with Crippen LogP contribution in [-0.2, 0) is 6.42 Å². The molecule has 3 rings (SSSR count). The summed E-state index contributed by atoms with van der Waals surface area (Å²) in [6.07, 6.45) is 3.54. The monoisotopic (exact) mass is 228 g/mol. The molecule has 84 valence electrons. The van der Waals surface area contributed by atoms with Crippen molar-refractivity contribution in [2.75, 3.05) is 0 Å². The summed E-state index contributed by atoms with van der Waals surface area (Å²) in [6.45, 7) is 1.86. The Morgan fingerprint density at radius 2 is 2.06 bits per heavy atom. The number of carbonyl (C=O) groups excluding carboxylic acids is 2. The van der Waals surface area contributed by atoms with E-state index in [0.717, 1.165) is 0 Å². The Morgan fingerprint density at radius 1 is 1.24 bits per heavy atom. The first-order valence-electron chi connectivity index (χ1n) is 5.26. The molecule has 0 aromatic carbocycles. The molecule has 0 aliphatic heterocycles. The normalized spacial score (nSPS) is 13.5. The Hall–Kier alpha value is -2.30. The van der Waals surface area contributed by atoms with Gasteiger partial charge in [0.1, 0.15) is 0 Å². The predicted molar refractivity (Wildman–Crippen MR) is 57.8 cm³/mol. The third-order valence-electron chi connectivity index (χ3n) is 2.84. The van der Waals surface area contributed by atoms with Gasteiger partial charge in [0.2, 0.25) is 11.6 Å². The zero-order chi connectivity index (χ0) is 12.0. The van der Waals surface area contributed by atoms with Gasteiger partial charge in [0.15, 0.2) is 5.76 Å². The van der Waals surface area contributed by atoms with E-state index in [1.165, 1.54) is 18.5 Å². The Balaban J connectivity index is 2.37. The number of nitrogens with zero attached hydrogens (tertiary/aromatic N) is 2. The van der Waals surface area contributed by atoms with Gasteiger partial charge in [-0.05, 0) is 12.5 Å². The first kappa shape index (κ1) is 9.89. The molecule has 0 unspecified atom stereocenters. The smallest absolute Gasteiger partial charge is 0.239 e. The summed E-state index contributed by atoms with van der Waals surface area (Å²) in [6, 6.07) is 1.52. The quantitative estimate of drug-likeness (QED) is 0.694. The highest BCUT2D eigenvalue weighted by Gasteiger charge is 2.36. The van der Waals surface area contributed by atoms with Crippen molar-refractivity contribution in [2.45, 2.75) is 13.3 Å². The maximum atomic E-state index is 12.0. The van der Waals surface area contributed by atoms with Gasteiger partial charge in [0.05, 0.1) is 16.8 Å². The Kier molecular flexibility index (Phi) is 1.95. The topological polar surface area (TPSA) is 73.1 Å². The second-order valence-electron chi connectivity index (χ2n) is 3.77. The van der Waals surface area contributed by atoms with Crippen LogP contribution in [0.5, 0.6) is 0 Å². The molecule has 0 amide bonds. The summed E-state index contributed by atoms with van der Waals surface area (Å²) in [5, 5.41) is 3.82. The van der Waals surface area contributed by atoms with Crippen LogP contribution in [0.25, 0.3) is 11.3 Å². The van der Waals surface area contributed by atoms with Crippen molar-refractivity contribution in [3.8, 4) is 11.3 Å². The minimum Gasteiger partial charge on any atom is -0.355 e. The van der Waals surface area contributed by atoms with Gasteiger partial charge in [-0.1, -0.05) is 12.1 Å². The lowest BCUT2D eigenvalue weighted by Gasteiger charge is -2.11. The van der Waals surface area contributed by atoms with Gasteiger partial charge < -0.3 is 4.52 Å². The van der Waals surface area contributed by atoms with Gasteiger partial charge in [0, 0.05) is 18.0 Å². The molecule has 0 fully saturated rings. The number of Topliss-reactive ketones (excluding diaryl/α,β-unsaturated/α-hetero) is 2. The third kappa shape index (κ3) is 1.19. The summed E-state index contributed by atoms with van der Waals surface area (Å²) < 4.78 is 5.16. The van der Waals surface area contributed by atoms with Crippen LogP contribution in [0.15, 0.2) is 23.0 Å². The predicted octanol–water partition coefficient (Wildman–Crippen LogP) is 1.68. The van der Waals surface area contributed by atoms with Crippen LogP contribution < -0.4 is 0 Å². The molecular weight excluding hydrogens is 220 g/mol. The molecule has 5 heteroatoms. The molecule has 0 bridgehead atoms. The Bertz CT molecular complexity index is 643. The molecule has 0 saturated heterocycles. The van der Waals surface area contributed by atoms with Crippen LogP contribution >= 0.6 is 0 Å². The van der Waals surface area contributed by atoms with Crippen molar-refractivity contribution in [1.29, 1.82) is 0 Å². The van der Waals surface area contributed by atoms with Crippen LogP contribution in [0.4, 0.5) is 0 Å². The third-order valence-corrected chi connectivity index (χ3v) is 2.84. The van der Waals surface area contributed by atoms with E-state index >= 15 is 0 Å². The lowest BCUT2D eigenvalue weighted by Crippen LogP contribution is -2.21. The van der Waals surface area contributed by atoms with Gasteiger partial charge in [-0.15, -0.1) is 0 Å². The average Bonchev–Trinajstić information content (AvgIpc) is 2.80. The van der Waals surface area contributed by atoms with E-state index in [-0.39, 0.29) is 5.56 Å². The van der Waals surface area contributed by atoms with E-state index in [2.05, 4.69) is 10.1 Å². The lowest BCUT2D eigenvalue weighted by atomic mass is 9.88. The highest BCUT2D eigenvalue weighted by atomic mass is 16.5. The molecule has 0 saturated carbocycles. The van der Waals surface area contributed by atoms with E-state index in [4.69, 9.17) is 4.52 Å². The van der Waals surface area contributed by atoms with Crippen molar-refractivity contribution in [3.05, 3.63) is 35.3 Å². The summed E-state index contributed by atoms with van der Waals surface area (Å²) >= 11 is 0. The Morgan fingerprint density at radius 3 is 2.82 bits per heavy atom. The molecule has 1 aliphatic rings. The second kappa shape index (κ2) is 3.35. The fourth-order valence-electron chi connectivity index (χ4n) is 1.99. The van der Waals surface area contributed by atoms with Gasteiger partial charge in [-0.25, -0.2) is 0 Å². The minimum absolute atomic E-state index is 0.290. The minimum atomic E-state index is -0.545. The number of rotatable bonds is 1. The fourth-order valence-corrected chi connectivity index (χ4v) is 1.99. The zero-order valence-corrected chi connectivity index (χ0v) is 9.06. The molecule has 1 aliphatic carbocycles. The number of aromatic nitrogens is 2. The van der Waals surface area contributed by atoms with E-state index < -0.39 is 11.6 Å². The molecule has 2 aromatic rings. The number of fused-ring (bicyclic) bond motifs is 3. The van der Waals surface area contributed by atoms with Crippen molar-refractivity contribution in [1.82, 2.24) is 10.1 Å². The Labute approximate surface area is 96.5 Å². The summed E-state index contributed by atoms with van der Waals surface area (Å²) in [4.78, 5) is 27.8. The van der Waals surface area contributed by atoms with Crippen LogP contribution in [0.3, 0.4) is 0 Å². The summed E-state index contributed by atoms with van der Waals surface area (Å²) in [5.74, 6) is -0.709. The van der Waals surface area contributed by atoms with Crippen molar-refractivity contribution >= 4 is 11.6 Å². The number of hydrogen-bond donors (Lipinski definition) is 0. The number of aryl methyl sites for hydroxylation is 1. The maximum absolute atomic E-state index is 12.0. The molecule has 2 aromatic heterocycles. The van der Waals surface area contributed by atoms with Crippen LogP contribution in [0, 0.1) is 0 Å². The molecule has 0 radical (unpaired) electrons. The standard InChI is InChI=1S/C12H8N2O3/c1-2-8-9-11(16)10(15)6-3-4-13-5-7(6)12(9)17-14-8/h3-5H,2H2,1H3. The van der Waals surface area contributed by atoms with E-state index in [0.29, 0.717) is 29.0 Å². The van der Waals surface area contributed by atoms with E-state index in [1.54, 1.807) is 0 Å². The lowest BCUT2D eigenvalue weighted by molar-refractivity contribution is 0.0814. The highest BCUT2D eigenvalue weighted by Crippen LogP contribution is 2.34. The number of hydrogen-bond acceptors (Lipinski definition) is 5. The summed E-state index contributed by atoms with van der Waals surface area (Å²) in [7, 11) is 0. The molecule has 0 atom stereocenters. The van der Waals surface area contributed by atoms with Crippen molar-refractivity contribution in [3.63, 3.8) is 0 Å². The molecule has 0 spiro atoms. The zero-order valence-electron chi connectivity index (χ0n) is 9.06. The van der Waals surface area contributed by atoms with E-state index in [9.17, 15) is 9.59 Å². The maximum Gasteiger partial charge on any atom is 0.239 e. The first-order chi connectivity index (χ1) is 8.24. The molecule has 5 nitrogen and oxygen atoms in total. The molecule has 17 heavy (non-hydrogen) atoms.